The van der Waals surface area contributed by atoms with Crippen molar-refractivity contribution in [3.63, 3.8) is 0 Å². The molecule has 8 nitrogen and oxygen atoms in total. The fourth-order valence-corrected chi connectivity index (χ4v) is 2.27. The number of nitro groups is 1. The number of rotatable bonds is 5. The lowest BCUT2D eigenvalue weighted by Crippen LogP contribution is -2.17. The molecule has 1 amide bonds. The maximum absolute atomic E-state index is 12.1. The highest BCUT2D eigenvalue weighted by molar-refractivity contribution is 6.30. The smallest absolute Gasteiger partial charge is 0.272 e. The molecule has 1 aromatic heterocycles. The van der Waals surface area contributed by atoms with E-state index in [1.165, 1.54) is 24.4 Å². The van der Waals surface area contributed by atoms with Crippen molar-refractivity contribution in [2.75, 3.05) is 0 Å². The van der Waals surface area contributed by atoms with E-state index in [1.807, 2.05) is 0 Å². The second-order valence-corrected chi connectivity index (χ2v) is 5.66. The highest BCUT2D eigenvalue weighted by Gasteiger charge is 2.13. The van der Waals surface area contributed by atoms with E-state index in [1.54, 1.807) is 36.4 Å². The van der Waals surface area contributed by atoms with Crippen molar-refractivity contribution in [2.24, 2.45) is 5.10 Å². The molecule has 9 heteroatoms. The number of nitrogens with zero attached hydrogens (tertiary/aromatic N) is 3. The van der Waals surface area contributed by atoms with Crippen LogP contribution in [-0.4, -0.2) is 27.2 Å². The van der Waals surface area contributed by atoms with Crippen LogP contribution in [0.15, 0.2) is 59.7 Å². The minimum atomic E-state index is -0.491. The Kier molecular flexibility index (Phi) is 5.04. The van der Waals surface area contributed by atoms with Crippen molar-refractivity contribution in [3.8, 4) is 11.3 Å². The van der Waals surface area contributed by atoms with Gasteiger partial charge in [0.2, 0.25) is 0 Å². The van der Waals surface area contributed by atoms with E-state index in [-0.39, 0.29) is 11.4 Å². The molecular formula is C17H12ClN5O3. The molecule has 0 aliphatic carbocycles. The zero-order valence-electron chi connectivity index (χ0n) is 13.2. The van der Waals surface area contributed by atoms with E-state index in [9.17, 15) is 14.9 Å². The third-order valence-electron chi connectivity index (χ3n) is 3.42. The molecule has 0 fully saturated rings. The molecule has 1 heterocycles. The Hall–Kier alpha value is -3.52. The molecule has 0 atom stereocenters. The Morgan fingerprint density at radius 2 is 2.00 bits per heavy atom. The van der Waals surface area contributed by atoms with Gasteiger partial charge in [-0.3, -0.25) is 20.0 Å². The normalized spacial score (nSPS) is 10.8. The lowest BCUT2D eigenvalue weighted by atomic mass is 10.1. The van der Waals surface area contributed by atoms with Crippen LogP contribution in [0.1, 0.15) is 16.1 Å². The number of hydrazone groups is 1. The van der Waals surface area contributed by atoms with Crippen LogP contribution in [0.25, 0.3) is 11.3 Å². The van der Waals surface area contributed by atoms with Crippen LogP contribution in [0.4, 0.5) is 5.69 Å². The molecule has 0 bridgehead atoms. The fourth-order valence-electron chi connectivity index (χ4n) is 2.14. The molecule has 2 N–H and O–H groups in total. The first kappa shape index (κ1) is 17.3. The third-order valence-corrected chi connectivity index (χ3v) is 3.68. The first-order chi connectivity index (χ1) is 12.5. The molecule has 0 saturated carbocycles. The van der Waals surface area contributed by atoms with Gasteiger partial charge in [-0.25, -0.2) is 5.43 Å². The van der Waals surface area contributed by atoms with Gasteiger partial charge in [0, 0.05) is 22.7 Å². The molecule has 2 aromatic carbocycles. The quantitative estimate of drug-likeness (QED) is 0.407. The van der Waals surface area contributed by atoms with E-state index < -0.39 is 10.8 Å². The predicted molar refractivity (Wildman–Crippen MR) is 97.2 cm³/mol. The average molecular weight is 370 g/mol. The summed E-state index contributed by atoms with van der Waals surface area (Å²) in [4.78, 5) is 22.4. The molecule has 0 aliphatic rings. The number of H-pyrrole nitrogens is 1. The monoisotopic (exact) mass is 369 g/mol. The second-order valence-electron chi connectivity index (χ2n) is 5.22. The van der Waals surface area contributed by atoms with Crippen LogP contribution < -0.4 is 5.43 Å². The lowest BCUT2D eigenvalue weighted by molar-refractivity contribution is -0.384. The van der Waals surface area contributed by atoms with Crippen LogP contribution in [0.5, 0.6) is 0 Å². The maximum Gasteiger partial charge on any atom is 0.289 e. The topological polar surface area (TPSA) is 113 Å². The Morgan fingerprint density at radius 1 is 1.23 bits per heavy atom. The molecule has 0 saturated heterocycles. The summed E-state index contributed by atoms with van der Waals surface area (Å²) in [6.07, 6.45) is 1.48. The van der Waals surface area contributed by atoms with Crippen molar-refractivity contribution < 1.29 is 9.72 Å². The summed E-state index contributed by atoms with van der Waals surface area (Å²) in [7, 11) is 0. The van der Waals surface area contributed by atoms with Crippen molar-refractivity contribution >= 4 is 29.4 Å². The largest absolute Gasteiger partial charge is 0.289 e. The van der Waals surface area contributed by atoms with E-state index in [0.29, 0.717) is 16.3 Å². The number of carbonyl (C=O) groups excluding carboxylic acids is 1. The number of amides is 1. The van der Waals surface area contributed by atoms with Gasteiger partial charge >= 0.3 is 0 Å². The number of aromatic nitrogens is 2. The summed E-state index contributed by atoms with van der Waals surface area (Å²) in [6, 6.07) is 14.4. The minimum Gasteiger partial charge on any atom is -0.272 e. The van der Waals surface area contributed by atoms with Crippen LogP contribution in [0, 0.1) is 10.1 Å². The van der Waals surface area contributed by atoms with Crippen LogP contribution in [0.2, 0.25) is 5.02 Å². The van der Waals surface area contributed by atoms with Gasteiger partial charge in [-0.1, -0.05) is 35.9 Å². The summed E-state index contributed by atoms with van der Waals surface area (Å²) in [5, 5.41) is 21.9. The molecule has 3 aromatic rings. The highest BCUT2D eigenvalue weighted by Crippen LogP contribution is 2.22. The van der Waals surface area contributed by atoms with Gasteiger partial charge in [0.05, 0.1) is 16.8 Å². The summed E-state index contributed by atoms with van der Waals surface area (Å²) < 4.78 is 0. The van der Waals surface area contributed by atoms with Gasteiger partial charge in [-0.2, -0.15) is 10.2 Å². The maximum atomic E-state index is 12.1. The molecule has 0 unspecified atom stereocenters. The molecule has 0 aliphatic heterocycles. The Balaban J connectivity index is 1.69. The molecule has 0 radical (unpaired) electrons. The first-order valence-electron chi connectivity index (χ1n) is 7.42. The van der Waals surface area contributed by atoms with Crippen molar-refractivity contribution in [3.05, 3.63) is 81.0 Å². The molecular weight excluding hydrogens is 358 g/mol. The van der Waals surface area contributed by atoms with Gasteiger partial charge in [-0.15, -0.1) is 0 Å². The number of carbonyl (C=O) groups is 1. The lowest BCUT2D eigenvalue weighted by Gasteiger charge is -1.97. The summed E-state index contributed by atoms with van der Waals surface area (Å²) in [5.74, 6) is -0.487. The average Bonchev–Trinajstić information content (AvgIpc) is 3.14. The highest BCUT2D eigenvalue weighted by atomic mass is 35.5. The molecule has 130 valence electrons. The van der Waals surface area contributed by atoms with Gasteiger partial charge in [0.15, 0.2) is 0 Å². The number of benzene rings is 2. The molecule has 3 rings (SSSR count). The number of hydrogen-bond donors (Lipinski definition) is 2. The van der Waals surface area contributed by atoms with Crippen molar-refractivity contribution in [2.45, 2.75) is 0 Å². The third kappa shape index (κ3) is 4.11. The summed E-state index contributed by atoms with van der Waals surface area (Å²) >= 11 is 5.79. The first-order valence-corrected chi connectivity index (χ1v) is 7.80. The van der Waals surface area contributed by atoms with E-state index in [4.69, 9.17) is 11.6 Å². The predicted octanol–water partition coefficient (Wildman–Crippen LogP) is 3.40. The molecule has 26 heavy (non-hydrogen) atoms. The number of aromatic amines is 1. The van der Waals surface area contributed by atoms with Crippen LogP contribution in [-0.2, 0) is 0 Å². The summed E-state index contributed by atoms with van der Waals surface area (Å²) in [5.41, 5.74) is 4.22. The van der Waals surface area contributed by atoms with Crippen molar-refractivity contribution in [1.29, 1.82) is 0 Å². The zero-order chi connectivity index (χ0) is 18.5. The minimum absolute atomic E-state index is 0.0518. The number of hydrogen-bond acceptors (Lipinski definition) is 5. The number of non-ortho nitro benzene ring substituents is 1. The van der Waals surface area contributed by atoms with Gasteiger partial charge in [-0.05, 0) is 23.8 Å². The Bertz CT molecular complexity index is 982. The fraction of sp³-hybridized carbons (Fsp3) is 0. The van der Waals surface area contributed by atoms with Gasteiger partial charge in [0.25, 0.3) is 11.6 Å². The number of halogens is 1. The van der Waals surface area contributed by atoms with Crippen molar-refractivity contribution in [1.82, 2.24) is 15.6 Å². The standard InChI is InChI=1S/C17H12ClN5O3/c18-13-6-4-11(5-7-13)10-19-22-17(24)16-9-15(20-21-16)12-2-1-3-14(8-12)23(25)26/h1-10H,(H,20,21)(H,22,24)/b19-10-. The van der Waals surface area contributed by atoms with E-state index in [0.717, 1.165) is 5.56 Å². The van der Waals surface area contributed by atoms with Crippen LogP contribution in [0.3, 0.4) is 0 Å². The number of nitro benzene ring substituents is 1. The van der Waals surface area contributed by atoms with Crippen LogP contribution >= 0.6 is 11.6 Å². The Morgan fingerprint density at radius 3 is 2.73 bits per heavy atom. The SMILES string of the molecule is O=C(N/N=C\c1ccc(Cl)cc1)c1cc(-c2cccc([N+](=O)[O-])c2)n[nH]1. The van der Waals surface area contributed by atoms with Gasteiger partial charge < -0.3 is 0 Å². The van der Waals surface area contributed by atoms with Gasteiger partial charge in [0.1, 0.15) is 5.69 Å². The zero-order valence-corrected chi connectivity index (χ0v) is 14.0. The molecule has 0 spiro atoms. The van der Waals surface area contributed by atoms with E-state index in [2.05, 4.69) is 20.7 Å². The Labute approximate surface area is 152 Å². The van der Waals surface area contributed by atoms with E-state index >= 15 is 0 Å². The number of nitrogens with one attached hydrogen (secondary N) is 2. The summed E-state index contributed by atoms with van der Waals surface area (Å²) in [6.45, 7) is 0. The second kappa shape index (κ2) is 7.58.